The largest absolute Gasteiger partial charge is 0.494 e. The van der Waals surface area contributed by atoms with Crippen molar-refractivity contribution >= 4 is 34.8 Å². The SMILES string of the molecule is CCCCCCOc1ccc(C(=O)NC(=S)Nc2ccccc2C(=O)NCCCOC)cc1. The fourth-order valence-corrected chi connectivity index (χ4v) is 3.26. The summed E-state index contributed by atoms with van der Waals surface area (Å²) in [5, 5.41) is 8.54. The van der Waals surface area contributed by atoms with Gasteiger partial charge in [0.1, 0.15) is 5.75 Å². The van der Waals surface area contributed by atoms with E-state index in [4.69, 9.17) is 21.7 Å². The quantitative estimate of drug-likeness (QED) is 0.294. The number of methoxy groups -OCH3 is 1. The predicted molar refractivity (Wildman–Crippen MR) is 135 cm³/mol. The van der Waals surface area contributed by atoms with Crippen molar-refractivity contribution < 1.29 is 19.1 Å². The first-order valence-electron chi connectivity index (χ1n) is 11.3. The second-order valence-corrected chi connectivity index (χ2v) is 7.90. The summed E-state index contributed by atoms with van der Waals surface area (Å²) in [4.78, 5) is 25.0. The van der Waals surface area contributed by atoms with E-state index >= 15 is 0 Å². The van der Waals surface area contributed by atoms with Gasteiger partial charge in [-0.3, -0.25) is 14.9 Å². The van der Waals surface area contributed by atoms with E-state index in [1.165, 1.54) is 12.8 Å². The minimum Gasteiger partial charge on any atom is -0.494 e. The highest BCUT2D eigenvalue weighted by molar-refractivity contribution is 7.80. The Kier molecular flexibility index (Phi) is 11.9. The molecule has 0 saturated heterocycles. The van der Waals surface area contributed by atoms with Gasteiger partial charge >= 0.3 is 0 Å². The normalized spacial score (nSPS) is 10.4. The van der Waals surface area contributed by atoms with Gasteiger partial charge in [0.15, 0.2) is 5.11 Å². The molecule has 8 heteroatoms. The zero-order valence-electron chi connectivity index (χ0n) is 19.3. The number of carbonyl (C=O) groups excluding carboxylic acids is 2. The van der Waals surface area contributed by atoms with Crippen molar-refractivity contribution in [3.63, 3.8) is 0 Å². The van der Waals surface area contributed by atoms with Gasteiger partial charge in [-0.05, 0) is 61.5 Å². The second kappa shape index (κ2) is 15.0. The molecule has 33 heavy (non-hydrogen) atoms. The van der Waals surface area contributed by atoms with Crippen LogP contribution in [-0.2, 0) is 4.74 Å². The highest BCUT2D eigenvalue weighted by atomic mass is 32.1. The Morgan fingerprint density at radius 2 is 1.67 bits per heavy atom. The van der Waals surface area contributed by atoms with Gasteiger partial charge in [0.25, 0.3) is 11.8 Å². The highest BCUT2D eigenvalue weighted by Crippen LogP contribution is 2.16. The fourth-order valence-electron chi connectivity index (χ4n) is 3.05. The van der Waals surface area contributed by atoms with Crippen LogP contribution in [0, 0.1) is 0 Å². The maximum Gasteiger partial charge on any atom is 0.257 e. The Morgan fingerprint density at radius 1 is 0.909 bits per heavy atom. The maximum absolute atomic E-state index is 12.5. The number of unbranched alkanes of at least 4 members (excludes halogenated alkanes) is 3. The number of anilines is 1. The van der Waals surface area contributed by atoms with E-state index in [1.807, 2.05) is 0 Å². The van der Waals surface area contributed by atoms with Gasteiger partial charge in [-0.1, -0.05) is 38.3 Å². The number of ether oxygens (including phenoxy) is 2. The van der Waals surface area contributed by atoms with Crippen LogP contribution in [0.1, 0.15) is 59.7 Å². The molecule has 2 rings (SSSR count). The lowest BCUT2D eigenvalue weighted by Crippen LogP contribution is -2.35. The monoisotopic (exact) mass is 471 g/mol. The molecule has 2 aromatic rings. The van der Waals surface area contributed by atoms with Gasteiger partial charge < -0.3 is 20.1 Å². The predicted octanol–water partition coefficient (Wildman–Crippen LogP) is 4.54. The third-order valence-corrected chi connectivity index (χ3v) is 5.04. The molecule has 0 aliphatic rings. The topological polar surface area (TPSA) is 88.7 Å². The zero-order valence-corrected chi connectivity index (χ0v) is 20.1. The fraction of sp³-hybridized carbons (Fsp3) is 0.400. The molecule has 3 N–H and O–H groups in total. The average molecular weight is 472 g/mol. The van der Waals surface area contributed by atoms with Gasteiger partial charge in [-0.25, -0.2) is 0 Å². The van der Waals surface area contributed by atoms with Crippen LogP contribution in [0.5, 0.6) is 5.75 Å². The lowest BCUT2D eigenvalue weighted by atomic mass is 10.1. The minimum atomic E-state index is -0.344. The van der Waals surface area contributed by atoms with E-state index in [-0.39, 0.29) is 16.9 Å². The summed E-state index contributed by atoms with van der Waals surface area (Å²) in [6.07, 6.45) is 5.28. The summed E-state index contributed by atoms with van der Waals surface area (Å²) in [6.45, 7) is 3.91. The summed E-state index contributed by atoms with van der Waals surface area (Å²) in [6, 6.07) is 13.9. The molecule has 2 amide bonds. The minimum absolute atomic E-state index is 0.107. The number of para-hydroxylation sites is 1. The lowest BCUT2D eigenvalue weighted by molar-refractivity contribution is 0.0947. The lowest BCUT2D eigenvalue weighted by Gasteiger charge is -2.14. The summed E-state index contributed by atoms with van der Waals surface area (Å²) in [5.74, 6) is 0.159. The molecular formula is C25H33N3O4S. The van der Waals surface area contributed by atoms with Crippen LogP contribution < -0.4 is 20.7 Å². The molecule has 0 unspecified atom stereocenters. The van der Waals surface area contributed by atoms with E-state index in [0.29, 0.717) is 36.6 Å². The first kappa shape index (κ1) is 26.3. The molecule has 0 atom stereocenters. The molecule has 0 aliphatic carbocycles. The average Bonchev–Trinajstić information content (AvgIpc) is 2.82. The molecular weight excluding hydrogens is 438 g/mol. The van der Waals surface area contributed by atoms with Crippen molar-refractivity contribution in [3.05, 3.63) is 59.7 Å². The first-order valence-corrected chi connectivity index (χ1v) is 11.7. The number of benzene rings is 2. The molecule has 0 aliphatic heterocycles. The van der Waals surface area contributed by atoms with Crippen LogP contribution in [0.2, 0.25) is 0 Å². The summed E-state index contributed by atoms with van der Waals surface area (Å²) < 4.78 is 10.7. The summed E-state index contributed by atoms with van der Waals surface area (Å²) in [7, 11) is 1.62. The molecule has 0 fully saturated rings. The van der Waals surface area contributed by atoms with E-state index in [0.717, 1.165) is 25.0 Å². The molecule has 0 heterocycles. The van der Waals surface area contributed by atoms with Crippen LogP contribution in [0.25, 0.3) is 0 Å². The third kappa shape index (κ3) is 9.59. The van der Waals surface area contributed by atoms with Crippen molar-refractivity contribution in [1.82, 2.24) is 10.6 Å². The molecule has 178 valence electrons. The van der Waals surface area contributed by atoms with Crippen molar-refractivity contribution in [2.45, 2.75) is 39.0 Å². The first-order chi connectivity index (χ1) is 16.0. The molecule has 0 aromatic heterocycles. The van der Waals surface area contributed by atoms with Crippen LogP contribution in [0.3, 0.4) is 0 Å². The van der Waals surface area contributed by atoms with Gasteiger partial charge in [-0.2, -0.15) is 0 Å². The standard InChI is InChI=1S/C25H33N3O4S/c1-3-4-5-8-18-32-20-14-12-19(13-15-20)23(29)28-25(33)27-22-11-7-6-10-21(22)24(30)26-16-9-17-31-2/h6-7,10-15H,3-5,8-9,16-18H2,1-2H3,(H,26,30)(H2,27,28,29,33). The van der Waals surface area contributed by atoms with Crippen LogP contribution in [0.4, 0.5) is 5.69 Å². The van der Waals surface area contributed by atoms with Crippen molar-refractivity contribution in [2.75, 3.05) is 32.2 Å². The van der Waals surface area contributed by atoms with Gasteiger partial charge in [0, 0.05) is 25.8 Å². The zero-order chi connectivity index (χ0) is 23.9. The number of amides is 2. The Morgan fingerprint density at radius 3 is 2.39 bits per heavy atom. The third-order valence-electron chi connectivity index (χ3n) is 4.84. The number of hydrogen-bond donors (Lipinski definition) is 3. The molecule has 0 saturated carbocycles. The van der Waals surface area contributed by atoms with Crippen LogP contribution >= 0.6 is 12.2 Å². The second-order valence-electron chi connectivity index (χ2n) is 7.49. The van der Waals surface area contributed by atoms with E-state index in [1.54, 1.807) is 55.6 Å². The van der Waals surface area contributed by atoms with Crippen molar-refractivity contribution in [3.8, 4) is 5.75 Å². The van der Waals surface area contributed by atoms with Gasteiger partial charge in [0.05, 0.1) is 17.9 Å². The Labute approximate surface area is 201 Å². The Hall–Kier alpha value is -2.97. The smallest absolute Gasteiger partial charge is 0.257 e. The van der Waals surface area contributed by atoms with E-state index in [2.05, 4.69) is 22.9 Å². The van der Waals surface area contributed by atoms with E-state index < -0.39 is 0 Å². The Bertz CT molecular complexity index is 903. The van der Waals surface area contributed by atoms with Crippen molar-refractivity contribution in [1.29, 1.82) is 0 Å². The van der Waals surface area contributed by atoms with Crippen molar-refractivity contribution in [2.24, 2.45) is 0 Å². The van der Waals surface area contributed by atoms with Gasteiger partial charge in [-0.15, -0.1) is 0 Å². The number of carbonyl (C=O) groups is 2. The number of thiocarbonyl (C=S) groups is 1. The molecule has 2 aromatic carbocycles. The molecule has 0 radical (unpaired) electrons. The number of rotatable bonds is 13. The number of nitrogens with one attached hydrogen (secondary N) is 3. The summed E-state index contributed by atoms with van der Waals surface area (Å²) >= 11 is 5.28. The highest BCUT2D eigenvalue weighted by Gasteiger charge is 2.13. The molecule has 0 spiro atoms. The summed E-state index contributed by atoms with van der Waals surface area (Å²) in [5.41, 5.74) is 1.41. The van der Waals surface area contributed by atoms with Crippen LogP contribution in [0.15, 0.2) is 48.5 Å². The molecule has 0 bridgehead atoms. The van der Waals surface area contributed by atoms with Gasteiger partial charge in [0.2, 0.25) is 0 Å². The number of hydrogen-bond acceptors (Lipinski definition) is 5. The molecule has 7 nitrogen and oxygen atoms in total. The maximum atomic E-state index is 12.5. The van der Waals surface area contributed by atoms with Crippen LogP contribution in [-0.4, -0.2) is 43.8 Å². The Balaban J connectivity index is 1.86. The van der Waals surface area contributed by atoms with E-state index in [9.17, 15) is 9.59 Å².